The molecule has 1 fully saturated rings. The van der Waals surface area contributed by atoms with Crippen molar-refractivity contribution < 1.29 is 18.7 Å². The normalized spacial score (nSPS) is 16.2. The number of piperidine rings is 1. The van der Waals surface area contributed by atoms with E-state index in [1.54, 1.807) is 11.0 Å². The zero-order valence-electron chi connectivity index (χ0n) is 17.3. The summed E-state index contributed by atoms with van der Waals surface area (Å²) in [6, 6.07) is 15.9. The van der Waals surface area contributed by atoms with Crippen LogP contribution in [0.15, 0.2) is 63.8 Å². The third-order valence-corrected chi connectivity index (χ3v) is 5.42. The van der Waals surface area contributed by atoms with E-state index in [0.717, 1.165) is 17.4 Å². The highest BCUT2D eigenvalue weighted by atomic mass is 16.5. The van der Waals surface area contributed by atoms with Crippen molar-refractivity contribution in [1.29, 1.82) is 0 Å². The number of hydrogen-bond donors (Lipinski definition) is 1. The Morgan fingerprint density at radius 3 is 2.77 bits per heavy atom. The number of nitrogens with one attached hydrogen (secondary N) is 1. The number of fused-ring (bicyclic) bond motifs is 1. The van der Waals surface area contributed by atoms with Gasteiger partial charge in [0.15, 0.2) is 0 Å². The first-order chi connectivity index (χ1) is 15.0. The van der Waals surface area contributed by atoms with E-state index < -0.39 is 11.5 Å². The molecule has 0 saturated carbocycles. The third kappa shape index (κ3) is 4.94. The zero-order chi connectivity index (χ0) is 21.8. The molecule has 0 bridgehead atoms. The van der Waals surface area contributed by atoms with Crippen molar-refractivity contribution in [3.8, 4) is 0 Å². The number of urea groups is 1. The highest BCUT2D eigenvalue weighted by molar-refractivity contribution is 5.89. The third-order valence-electron chi connectivity index (χ3n) is 5.42. The molecule has 0 aliphatic carbocycles. The van der Waals surface area contributed by atoms with Crippen molar-refractivity contribution >= 4 is 28.7 Å². The van der Waals surface area contributed by atoms with Gasteiger partial charge in [-0.3, -0.25) is 4.79 Å². The molecular weight excluding hydrogens is 396 g/mol. The quantitative estimate of drug-likeness (QED) is 0.507. The number of esters is 1. The summed E-state index contributed by atoms with van der Waals surface area (Å²) in [5.41, 5.74) is 2.28. The minimum atomic E-state index is -0.481. The number of likely N-dealkylation sites (tertiary alicyclic amines) is 1. The Labute approximate surface area is 179 Å². The average molecular weight is 420 g/mol. The summed E-state index contributed by atoms with van der Waals surface area (Å²) in [6.45, 7) is 2.78. The van der Waals surface area contributed by atoms with Gasteiger partial charge in [-0.15, -0.1) is 0 Å². The first-order valence-corrected chi connectivity index (χ1v) is 10.3. The van der Waals surface area contributed by atoms with Crippen LogP contribution in [0.2, 0.25) is 0 Å². The number of rotatable bonds is 4. The van der Waals surface area contributed by atoms with Crippen molar-refractivity contribution in [2.24, 2.45) is 5.92 Å². The van der Waals surface area contributed by atoms with Gasteiger partial charge < -0.3 is 19.4 Å². The summed E-state index contributed by atoms with van der Waals surface area (Å²) < 4.78 is 10.8. The SMILES string of the molecule is Cc1ccc2c(COC(=O)[C@@H]3CCCN(C(=O)Nc4ccccc4)C3)cc(=O)oc2c1. The Kier molecular flexibility index (Phi) is 6.02. The van der Waals surface area contributed by atoms with Gasteiger partial charge >= 0.3 is 17.6 Å². The summed E-state index contributed by atoms with van der Waals surface area (Å²) in [5.74, 6) is -0.769. The lowest BCUT2D eigenvalue weighted by Crippen LogP contribution is -2.44. The Hall–Kier alpha value is -3.61. The van der Waals surface area contributed by atoms with Crippen LogP contribution in [0.25, 0.3) is 11.0 Å². The van der Waals surface area contributed by atoms with Gasteiger partial charge in [0.25, 0.3) is 0 Å². The summed E-state index contributed by atoms with van der Waals surface area (Å²) >= 11 is 0. The number of carbonyl (C=O) groups excluding carboxylic acids is 2. The molecule has 3 aromatic rings. The molecule has 1 aliphatic rings. The predicted molar refractivity (Wildman–Crippen MR) is 117 cm³/mol. The van der Waals surface area contributed by atoms with E-state index in [9.17, 15) is 14.4 Å². The van der Waals surface area contributed by atoms with Gasteiger partial charge in [0, 0.05) is 35.8 Å². The Bertz CT molecular complexity index is 1160. The van der Waals surface area contributed by atoms with Crippen molar-refractivity contribution in [2.75, 3.05) is 18.4 Å². The molecule has 7 nitrogen and oxygen atoms in total. The lowest BCUT2D eigenvalue weighted by atomic mass is 9.98. The smallest absolute Gasteiger partial charge is 0.336 e. The Morgan fingerprint density at radius 2 is 1.97 bits per heavy atom. The maximum absolute atomic E-state index is 12.7. The lowest BCUT2D eigenvalue weighted by Gasteiger charge is -2.31. The fourth-order valence-corrected chi connectivity index (χ4v) is 3.80. The van der Waals surface area contributed by atoms with E-state index in [1.807, 2.05) is 49.4 Å². The number of anilines is 1. The summed E-state index contributed by atoms with van der Waals surface area (Å²) in [4.78, 5) is 38.7. The van der Waals surface area contributed by atoms with E-state index in [0.29, 0.717) is 36.3 Å². The fraction of sp³-hybridized carbons (Fsp3) is 0.292. The molecule has 1 atom stereocenters. The van der Waals surface area contributed by atoms with Crippen molar-refractivity contribution in [3.63, 3.8) is 0 Å². The molecule has 2 amide bonds. The van der Waals surface area contributed by atoms with Gasteiger partial charge in [-0.2, -0.15) is 0 Å². The molecule has 2 heterocycles. The molecule has 1 aliphatic heterocycles. The molecule has 1 N–H and O–H groups in total. The molecule has 0 unspecified atom stereocenters. The van der Waals surface area contributed by atoms with Crippen LogP contribution < -0.4 is 10.9 Å². The minimum absolute atomic E-state index is 0.0172. The second kappa shape index (κ2) is 9.04. The summed E-state index contributed by atoms with van der Waals surface area (Å²) in [5, 5.41) is 3.59. The number of amides is 2. The highest BCUT2D eigenvalue weighted by Crippen LogP contribution is 2.22. The number of carbonyl (C=O) groups is 2. The highest BCUT2D eigenvalue weighted by Gasteiger charge is 2.29. The van der Waals surface area contributed by atoms with Crippen LogP contribution >= 0.6 is 0 Å². The van der Waals surface area contributed by atoms with E-state index in [1.165, 1.54) is 6.07 Å². The second-order valence-corrected chi connectivity index (χ2v) is 7.78. The predicted octanol–water partition coefficient (Wildman–Crippen LogP) is 4.09. The molecule has 4 rings (SSSR count). The molecule has 2 aromatic carbocycles. The first-order valence-electron chi connectivity index (χ1n) is 10.3. The van der Waals surface area contributed by atoms with E-state index in [4.69, 9.17) is 9.15 Å². The molecule has 0 spiro atoms. The number of nitrogens with zero attached hydrogens (tertiary/aromatic N) is 1. The average Bonchev–Trinajstić information content (AvgIpc) is 2.77. The van der Waals surface area contributed by atoms with Crippen LogP contribution in [0.5, 0.6) is 0 Å². The van der Waals surface area contributed by atoms with Gasteiger partial charge in [-0.1, -0.05) is 30.3 Å². The number of hydrogen-bond acceptors (Lipinski definition) is 5. The maximum atomic E-state index is 12.7. The molecule has 7 heteroatoms. The van der Waals surface area contributed by atoms with Crippen LogP contribution in [0.4, 0.5) is 10.5 Å². The van der Waals surface area contributed by atoms with Crippen LogP contribution in [-0.2, 0) is 16.1 Å². The topological polar surface area (TPSA) is 88.9 Å². The van der Waals surface area contributed by atoms with Gasteiger partial charge in [0.2, 0.25) is 0 Å². The van der Waals surface area contributed by atoms with Crippen LogP contribution in [0.3, 0.4) is 0 Å². The van der Waals surface area contributed by atoms with Gasteiger partial charge in [-0.05, 0) is 43.5 Å². The van der Waals surface area contributed by atoms with Crippen molar-refractivity contribution in [2.45, 2.75) is 26.4 Å². The summed E-state index contributed by atoms with van der Waals surface area (Å²) in [7, 11) is 0. The van der Waals surface area contributed by atoms with E-state index in [2.05, 4.69) is 5.32 Å². The standard InChI is InChI=1S/C24H24N2O5/c1-16-9-10-20-18(13-22(27)31-21(20)12-16)15-30-23(28)17-6-5-11-26(14-17)24(29)25-19-7-3-2-4-8-19/h2-4,7-10,12-13,17H,5-6,11,14-15H2,1H3,(H,25,29)/t17-/m1/s1. The van der Waals surface area contributed by atoms with Gasteiger partial charge in [0.1, 0.15) is 12.2 Å². The number of aryl methyl sites for hydroxylation is 1. The van der Waals surface area contributed by atoms with Crippen molar-refractivity contribution in [3.05, 3.63) is 76.1 Å². The number of ether oxygens (including phenoxy) is 1. The van der Waals surface area contributed by atoms with E-state index >= 15 is 0 Å². The Morgan fingerprint density at radius 1 is 1.16 bits per heavy atom. The lowest BCUT2D eigenvalue weighted by molar-refractivity contribution is -0.151. The maximum Gasteiger partial charge on any atom is 0.336 e. The molecule has 0 radical (unpaired) electrons. The fourth-order valence-electron chi connectivity index (χ4n) is 3.80. The Balaban J connectivity index is 1.39. The monoisotopic (exact) mass is 420 g/mol. The first kappa shape index (κ1) is 20.7. The largest absolute Gasteiger partial charge is 0.461 e. The van der Waals surface area contributed by atoms with Crippen LogP contribution in [0.1, 0.15) is 24.0 Å². The van der Waals surface area contributed by atoms with Gasteiger partial charge in [0.05, 0.1) is 5.92 Å². The minimum Gasteiger partial charge on any atom is -0.461 e. The second-order valence-electron chi connectivity index (χ2n) is 7.78. The number of para-hydroxylation sites is 1. The van der Waals surface area contributed by atoms with Crippen LogP contribution in [-0.4, -0.2) is 30.0 Å². The van der Waals surface area contributed by atoms with Crippen molar-refractivity contribution in [1.82, 2.24) is 4.90 Å². The molecule has 1 saturated heterocycles. The van der Waals surface area contributed by atoms with E-state index in [-0.39, 0.29) is 18.6 Å². The molecule has 160 valence electrons. The number of benzene rings is 2. The zero-order valence-corrected chi connectivity index (χ0v) is 17.3. The van der Waals surface area contributed by atoms with Gasteiger partial charge in [-0.25, -0.2) is 9.59 Å². The van der Waals surface area contributed by atoms with Crippen LogP contribution in [0, 0.1) is 12.8 Å². The molecular formula is C24H24N2O5. The molecule has 31 heavy (non-hydrogen) atoms. The summed E-state index contributed by atoms with van der Waals surface area (Å²) in [6.07, 6.45) is 1.38. The molecule has 1 aromatic heterocycles.